The van der Waals surface area contributed by atoms with Gasteiger partial charge < -0.3 is 4.74 Å². The normalized spacial score (nSPS) is 26.6. The van der Waals surface area contributed by atoms with Gasteiger partial charge in [0.1, 0.15) is 4.87 Å². The van der Waals surface area contributed by atoms with Gasteiger partial charge >= 0.3 is 5.97 Å². The molecule has 1 saturated heterocycles. The van der Waals surface area contributed by atoms with Crippen molar-refractivity contribution >= 4 is 35.1 Å². The summed E-state index contributed by atoms with van der Waals surface area (Å²) in [6, 6.07) is 22.1. The molecule has 0 aromatic heterocycles. The van der Waals surface area contributed by atoms with Gasteiger partial charge in [-0.3, -0.25) is 9.59 Å². The Labute approximate surface area is 195 Å². The largest absolute Gasteiger partial charge is 0.462 e. The number of carbonyl (C=O) groups is 3. The van der Waals surface area contributed by atoms with E-state index in [9.17, 15) is 14.4 Å². The van der Waals surface area contributed by atoms with E-state index >= 15 is 0 Å². The molecule has 6 heteroatoms. The molecule has 3 aromatic carbocycles. The fourth-order valence-corrected chi connectivity index (χ4v) is 6.47. The first-order valence-electron chi connectivity index (χ1n) is 11.0. The number of carbonyl (C=O) groups excluding carboxylic acids is 3. The van der Waals surface area contributed by atoms with E-state index < -0.39 is 22.7 Å². The predicted octanol–water partition coefficient (Wildman–Crippen LogP) is 4.61. The van der Waals surface area contributed by atoms with Crippen LogP contribution in [0.1, 0.15) is 45.5 Å². The van der Waals surface area contributed by atoms with Crippen LogP contribution >= 0.6 is 11.6 Å². The lowest BCUT2D eigenvalue weighted by molar-refractivity contribution is -0.122. The molecule has 0 saturated carbocycles. The molecule has 3 aliphatic carbocycles. The number of rotatable bonds is 3. The zero-order valence-electron chi connectivity index (χ0n) is 17.8. The number of benzene rings is 3. The molecule has 7 rings (SSSR count). The smallest absolute Gasteiger partial charge is 0.338 e. The average molecular weight is 458 g/mol. The van der Waals surface area contributed by atoms with Crippen LogP contribution in [0.4, 0.5) is 5.69 Å². The van der Waals surface area contributed by atoms with Crippen LogP contribution in [0.5, 0.6) is 0 Å². The lowest BCUT2D eigenvalue weighted by Gasteiger charge is -2.50. The van der Waals surface area contributed by atoms with E-state index in [-0.39, 0.29) is 24.3 Å². The molecular weight excluding hydrogens is 438 g/mol. The number of ether oxygens (including phenoxy) is 1. The number of halogens is 1. The highest BCUT2D eigenvalue weighted by Gasteiger charge is 2.67. The van der Waals surface area contributed by atoms with Gasteiger partial charge in [0.2, 0.25) is 11.8 Å². The second-order valence-electron chi connectivity index (χ2n) is 8.65. The van der Waals surface area contributed by atoms with E-state index in [2.05, 4.69) is 0 Å². The second kappa shape index (κ2) is 7.03. The number of hydrogen-bond donors (Lipinski definition) is 0. The van der Waals surface area contributed by atoms with E-state index in [1.54, 1.807) is 31.2 Å². The summed E-state index contributed by atoms with van der Waals surface area (Å²) in [5.41, 5.74) is 4.61. The lowest BCUT2D eigenvalue weighted by atomic mass is 9.54. The molecule has 0 unspecified atom stereocenters. The fourth-order valence-electron chi connectivity index (χ4n) is 5.89. The Morgan fingerprint density at radius 3 is 2.06 bits per heavy atom. The molecule has 33 heavy (non-hydrogen) atoms. The Kier molecular flexibility index (Phi) is 4.30. The summed E-state index contributed by atoms with van der Waals surface area (Å²) in [6.45, 7) is 2.01. The number of imide groups is 1. The number of amides is 2. The number of hydrogen-bond acceptors (Lipinski definition) is 4. The van der Waals surface area contributed by atoms with Crippen molar-refractivity contribution in [1.29, 1.82) is 0 Å². The first kappa shape index (κ1) is 20.2. The molecule has 1 aliphatic heterocycles. The second-order valence-corrected chi connectivity index (χ2v) is 9.24. The fraction of sp³-hybridized carbons (Fsp3) is 0.222. The molecular formula is C27H20ClNO4. The highest BCUT2D eigenvalue weighted by atomic mass is 35.5. The van der Waals surface area contributed by atoms with E-state index in [1.807, 2.05) is 48.5 Å². The maximum absolute atomic E-state index is 13.8. The van der Waals surface area contributed by atoms with Gasteiger partial charge in [-0.1, -0.05) is 48.5 Å². The van der Waals surface area contributed by atoms with Crippen molar-refractivity contribution in [3.05, 3.63) is 101 Å². The summed E-state index contributed by atoms with van der Waals surface area (Å²) in [6.07, 6.45) is 0. The molecule has 0 radical (unpaired) electrons. The Balaban J connectivity index is 1.48. The van der Waals surface area contributed by atoms with Gasteiger partial charge in [0.25, 0.3) is 0 Å². The van der Waals surface area contributed by atoms with Gasteiger partial charge in [-0.05, 0) is 53.4 Å². The summed E-state index contributed by atoms with van der Waals surface area (Å²) in [5.74, 6) is -2.52. The van der Waals surface area contributed by atoms with Gasteiger partial charge in [-0.25, -0.2) is 9.69 Å². The predicted molar refractivity (Wildman–Crippen MR) is 123 cm³/mol. The number of anilines is 1. The quantitative estimate of drug-likeness (QED) is 0.327. The number of esters is 1. The Hall–Kier alpha value is -3.44. The van der Waals surface area contributed by atoms with Crippen LogP contribution in [0, 0.1) is 11.8 Å². The molecule has 0 spiro atoms. The van der Waals surface area contributed by atoms with Gasteiger partial charge in [0.15, 0.2) is 0 Å². The first-order valence-corrected chi connectivity index (χ1v) is 11.4. The van der Waals surface area contributed by atoms with Crippen LogP contribution in [0.15, 0.2) is 72.8 Å². The summed E-state index contributed by atoms with van der Waals surface area (Å²) >= 11 is 7.41. The summed E-state index contributed by atoms with van der Waals surface area (Å²) < 4.78 is 5.03. The summed E-state index contributed by atoms with van der Waals surface area (Å²) in [5, 5.41) is 0. The minimum Gasteiger partial charge on any atom is -0.462 e. The van der Waals surface area contributed by atoms with Crippen molar-refractivity contribution in [3.8, 4) is 0 Å². The van der Waals surface area contributed by atoms with Crippen LogP contribution in [-0.2, 0) is 19.2 Å². The zero-order valence-corrected chi connectivity index (χ0v) is 18.6. The van der Waals surface area contributed by atoms with Crippen LogP contribution in [0.25, 0.3) is 0 Å². The van der Waals surface area contributed by atoms with E-state index in [1.165, 1.54) is 4.90 Å². The molecule has 2 bridgehead atoms. The zero-order chi connectivity index (χ0) is 22.9. The van der Waals surface area contributed by atoms with Gasteiger partial charge in [-0.2, -0.15) is 0 Å². The molecule has 1 fully saturated rings. The van der Waals surface area contributed by atoms with Crippen LogP contribution in [-0.4, -0.2) is 24.4 Å². The molecule has 5 nitrogen and oxygen atoms in total. The standard InChI is InChI=1S/C27H20ClNO4/c1-2-33-26(32)15-11-13-16(14-12-15)29-24(30)22-21-17-7-3-5-9-19(17)27(28,23(22)25(29)31)20-10-6-4-8-18(20)21/h3-14,21-23H,2H2,1H3/t21?,22-,23-,27?/m0/s1. The minimum absolute atomic E-state index is 0.233. The molecule has 1 heterocycles. The highest BCUT2D eigenvalue weighted by Crippen LogP contribution is 2.65. The molecule has 2 atom stereocenters. The SMILES string of the molecule is CCOC(=O)c1ccc(N2C(=O)[C@@H]3[C@@H](C2=O)C2c4ccccc4C3(Cl)c3ccccc32)cc1. The maximum Gasteiger partial charge on any atom is 0.338 e. The molecule has 3 aromatic rings. The molecule has 2 amide bonds. The van der Waals surface area contributed by atoms with Crippen LogP contribution in [0.3, 0.4) is 0 Å². The molecule has 4 aliphatic rings. The summed E-state index contributed by atoms with van der Waals surface area (Å²) in [7, 11) is 0. The van der Waals surface area contributed by atoms with Crippen molar-refractivity contribution in [2.75, 3.05) is 11.5 Å². The van der Waals surface area contributed by atoms with Crippen molar-refractivity contribution in [2.45, 2.75) is 17.7 Å². The third kappa shape index (κ3) is 2.51. The molecule has 0 N–H and O–H groups in total. The Morgan fingerprint density at radius 2 is 1.48 bits per heavy atom. The lowest BCUT2D eigenvalue weighted by Crippen LogP contribution is -2.50. The van der Waals surface area contributed by atoms with Crippen molar-refractivity contribution < 1.29 is 19.1 Å². The number of nitrogens with zero attached hydrogens (tertiary/aromatic N) is 1. The van der Waals surface area contributed by atoms with E-state index in [0.717, 1.165) is 22.3 Å². The topological polar surface area (TPSA) is 63.7 Å². The molecule has 164 valence electrons. The first-order chi connectivity index (χ1) is 16.0. The van der Waals surface area contributed by atoms with Gasteiger partial charge in [-0.15, -0.1) is 11.6 Å². The summed E-state index contributed by atoms with van der Waals surface area (Å²) in [4.78, 5) is 39.7. The van der Waals surface area contributed by atoms with Crippen LogP contribution in [0.2, 0.25) is 0 Å². The number of alkyl halides is 1. The third-order valence-corrected chi connectivity index (χ3v) is 7.79. The van der Waals surface area contributed by atoms with Crippen molar-refractivity contribution in [2.24, 2.45) is 11.8 Å². The van der Waals surface area contributed by atoms with Crippen LogP contribution < -0.4 is 4.90 Å². The Bertz CT molecular complexity index is 1280. The van der Waals surface area contributed by atoms with E-state index in [0.29, 0.717) is 11.3 Å². The Morgan fingerprint density at radius 1 is 0.909 bits per heavy atom. The van der Waals surface area contributed by atoms with Crippen molar-refractivity contribution in [1.82, 2.24) is 0 Å². The van der Waals surface area contributed by atoms with Crippen molar-refractivity contribution in [3.63, 3.8) is 0 Å². The third-order valence-electron chi connectivity index (χ3n) is 7.15. The van der Waals surface area contributed by atoms with Gasteiger partial charge in [0.05, 0.1) is 29.7 Å². The monoisotopic (exact) mass is 457 g/mol. The minimum atomic E-state index is -1.11. The van der Waals surface area contributed by atoms with E-state index in [4.69, 9.17) is 16.3 Å². The average Bonchev–Trinajstić information content (AvgIpc) is 3.11. The highest BCUT2D eigenvalue weighted by molar-refractivity contribution is 6.33. The van der Waals surface area contributed by atoms with Gasteiger partial charge in [0, 0.05) is 5.92 Å². The maximum atomic E-state index is 13.8.